The van der Waals surface area contributed by atoms with Gasteiger partial charge in [0.2, 0.25) is 0 Å². The lowest BCUT2D eigenvalue weighted by Crippen LogP contribution is -2.17. The van der Waals surface area contributed by atoms with Gasteiger partial charge in [-0.1, -0.05) is 0 Å². The molecule has 0 spiro atoms. The van der Waals surface area contributed by atoms with Gasteiger partial charge in [-0.05, 0) is 13.0 Å². The minimum Gasteiger partial charge on any atom is -0.370 e. The molecule has 0 saturated carbocycles. The lowest BCUT2D eigenvalue weighted by atomic mass is 10.5. The first kappa shape index (κ1) is 12.7. The minimum atomic E-state index is -4.32. The Morgan fingerprint density at radius 2 is 2.19 bits per heavy atom. The highest BCUT2D eigenvalue weighted by atomic mass is 19.4. The summed E-state index contributed by atoms with van der Waals surface area (Å²) in [5.74, 6) is 0.797. The van der Waals surface area contributed by atoms with Gasteiger partial charge in [-0.25, -0.2) is 9.97 Å². The van der Waals surface area contributed by atoms with Gasteiger partial charge in [0, 0.05) is 12.7 Å². The van der Waals surface area contributed by atoms with Crippen LogP contribution in [0.15, 0.2) is 12.3 Å². The molecule has 1 aromatic rings. The summed E-state index contributed by atoms with van der Waals surface area (Å²) in [5.41, 5.74) is 0. The molecular weight excluding hydrogens is 223 g/mol. The predicted molar refractivity (Wildman–Crippen MR) is 51.9 cm³/mol. The van der Waals surface area contributed by atoms with Crippen molar-refractivity contribution in [3.8, 4) is 0 Å². The molecule has 4 nitrogen and oxygen atoms in total. The molecule has 0 amide bonds. The zero-order valence-electron chi connectivity index (χ0n) is 8.71. The fraction of sp³-hybridized carbons (Fsp3) is 0.556. The number of alkyl halides is 3. The Kier molecular flexibility index (Phi) is 4.48. The Bertz CT molecular complexity index is 330. The van der Waals surface area contributed by atoms with Gasteiger partial charge in [0.05, 0.1) is 0 Å². The maximum Gasteiger partial charge on any atom is 0.411 e. The van der Waals surface area contributed by atoms with Crippen LogP contribution in [0.5, 0.6) is 0 Å². The van der Waals surface area contributed by atoms with E-state index in [1.54, 1.807) is 6.07 Å². The highest BCUT2D eigenvalue weighted by molar-refractivity contribution is 5.32. The van der Waals surface area contributed by atoms with E-state index < -0.39 is 12.8 Å². The first-order valence-corrected chi connectivity index (χ1v) is 4.71. The van der Waals surface area contributed by atoms with Crippen molar-refractivity contribution in [1.29, 1.82) is 0 Å². The normalized spacial score (nSPS) is 11.5. The number of hydrogen-bond donors (Lipinski definition) is 1. The molecule has 0 fully saturated rings. The predicted octanol–water partition coefficient (Wildman–Crippen LogP) is 1.99. The van der Waals surface area contributed by atoms with Crippen LogP contribution in [-0.4, -0.2) is 29.3 Å². The van der Waals surface area contributed by atoms with Gasteiger partial charge in [0.15, 0.2) is 5.82 Å². The van der Waals surface area contributed by atoms with Crippen LogP contribution >= 0.6 is 0 Å². The molecule has 16 heavy (non-hydrogen) atoms. The second-order valence-corrected chi connectivity index (χ2v) is 3.00. The molecule has 0 aliphatic rings. The molecule has 1 aromatic heterocycles. The molecule has 0 saturated heterocycles. The van der Waals surface area contributed by atoms with Crippen LogP contribution in [0.4, 0.5) is 19.0 Å². The van der Waals surface area contributed by atoms with Crippen molar-refractivity contribution < 1.29 is 17.9 Å². The molecule has 0 unspecified atom stereocenters. The van der Waals surface area contributed by atoms with E-state index in [1.807, 2.05) is 6.92 Å². The number of hydrogen-bond acceptors (Lipinski definition) is 4. The summed E-state index contributed by atoms with van der Waals surface area (Å²) in [7, 11) is 0. The van der Waals surface area contributed by atoms with Gasteiger partial charge in [-0.3, -0.25) is 0 Å². The van der Waals surface area contributed by atoms with E-state index in [4.69, 9.17) is 0 Å². The van der Waals surface area contributed by atoms with Gasteiger partial charge < -0.3 is 10.1 Å². The summed E-state index contributed by atoms with van der Waals surface area (Å²) in [6, 6.07) is 1.64. The fourth-order valence-electron chi connectivity index (χ4n) is 1.01. The lowest BCUT2D eigenvalue weighted by Gasteiger charge is -2.07. The molecule has 0 aliphatic carbocycles. The molecule has 1 N–H and O–H groups in total. The monoisotopic (exact) mass is 235 g/mol. The van der Waals surface area contributed by atoms with Gasteiger partial charge >= 0.3 is 6.18 Å². The summed E-state index contributed by atoms with van der Waals surface area (Å²) in [6.07, 6.45) is -2.85. The van der Waals surface area contributed by atoms with Crippen LogP contribution in [0.25, 0.3) is 0 Å². The van der Waals surface area contributed by atoms with E-state index in [9.17, 15) is 13.2 Å². The zero-order valence-corrected chi connectivity index (χ0v) is 8.71. The first-order valence-electron chi connectivity index (χ1n) is 4.71. The number of aromatic nitrogens is 2. The molecule has 1 heterocycles. The van der Waals surface area contributed by atoms with Gasteiger partial charge in [0.25, 0.3) is 0 Å². The molecule has 90 valence electrons. The average molecular weight is 235 g/mol. The van der Waals surface area contributed by atoms with E-state index in [2.05, 4.69) is 20.0 Å². The van der Waals surface area contributed by atoms with Crippen molar-refractivity contribution in [2.75, 3.05) is 18.5 Å². The standard InChI is InChI=1S/C9H12F3N3O/c1-2-13-7-3-4-14-8(15-7)5-16-6-9(10,11)12/h3-4H,2,5-6H2,1H3,(H,13,14,15). The molecule has 0 aromatic carbocycles. The zero-order chi connectivity index (χ0) is 12.0. The highest BCUT2D eigenvalue weighted by Crippen LogP contribution is 2.15. The van der Waals surface area contributed by atoms with Crippen LogP contribution in [-0.2, 0) is 11.3 Å². The number of nitrogens with zero attached hydrogens (tertiary/aromatic N) is 2. The average Bonchev–Trinajstić information content (AvgIpc) is 2.17. The number of anilines is 1. The van der Waals surface area contributed by atoms with E-state index in [0.29, 0.717) is 12.4 Å². The van der Waals surface area contributed by atoms with Gasteiger partial charge in [-0.2, -0.15) is 13.2 Å². The fourth-order valence-corrected chi connectivity index (χ4v) is 1.01. The summed E-state index contributed by atoms with van der Waals surface area (Å²) in [5, 5.41) is 2.93. The summed E-state index contributed by atoms with van der Waals surface area (Å²) in [6.45, 7) is 1.03. The quantitative estimate of drug-likeness (QED) is 0.847. The van der Waals surface area contributed by atoms with Crippen LogP contribution in [0.1, 0.15) is 12.7 Å². The van der Waals surface area contributed by atoms with Crippen LogP contribution < -0.4 is 5.32 Å². The Morgan fingerprint density at radius 1 is 1.44 bits per heavy atom. The minimum absolute atomic E-state index is 0.225. The number of halogens is 3. The van der Waals surface area contributed by atoms with Crippen molar-refractivity contribution >= 4 is 5.82 Å². The van der Waals surface area contributed by atoms with E-state index >= 15 is 0 Å². The largest absolute Gasteiger partial charge is 0.411 e. The number of nitrogens with one attached hydrogen (secondary N) is 1. The third-order valence-electron chi connectivity index (χ3n) is 1.56. The molecule has 7 heteroatoms. The molecule has 1 rings (SSSR count). The van der Waals surface area contributed by atoms with Crippen LogP contribution in [0.2, 0.25) is 0 Å². The number of rotatable bonds is 5. The first-order chi connectivity index (χ1) is 7.51. The van der Waals surface area contributed by atoms with E-state index in [-0.39, 0.29) is 12.4 Å². The topological polar surface area (TPSA) is 47.0 Å². The maximum atomic E-state index is 11.8. The Balaban J connectivity index is 2.44. The number of ether oxygens (including phenoxy) is 1. The molecule has 0 atom stereocenters. The van der Waals surface area contributed by atoms with Crippen molar-refractivity contribution in [1.82, 2.24) is 9.97 Å². The molecule has 0 bridgehead atoms. The lowest BCUT2D eigenvalue weighted by molar-refractivity contribution is -0.177. The van der Waals surface area contributed by atoms with Crippen molar-refractivity contribution in [3.05, 3.63) is 18.1 Å². The van der Waals surface area contributed by atoms with Crippen molar-refractivity contribution in [3.63, 3.8) is 0 Å². The molecular formula is C9H12F3N3O. The summed E-state index contributed by atoms with van der Waals surface area (Å²) in [4.78, 5) is 7.77. The third kappa shape index (κ3) is 4.92. The van der Waals surface area contributed by atoms with Gasteiger partial charge in [-0.15, -0.1) is 0 Å². The molecule has 0 aliphatic heterocycles. The van der Waals surface area contributed by atoms with Gasteiger partial charge in [0.1, 0.15) is 19.0 Å². The molecule has 0 radical (unpaired) electrons. The highest BCUT2D eigenvalue weighted by Gasteiger charge is 2.27. The maximum absolute atomic E-state index is 11.8. The Hall–Kier alpha value is -1.37. The van der Waals surface area contributed by atoms with Crippen molar-refractivity contribution in [2.45, 2.75) is 19.7 Å². The van der Waals surface area contributed by atoms with E-state index in [1.165, 1.54) is 6.20 Å². The summed E-state index contributed by atoms with van der Waals surface area (Å²) >= 11 is 0. The Labute approximate surface area is 90.9 Å². The van der Waals surface area contributed by atoms with Crippen molar-refractivity contribution in [2.24, 2.45) is 0 Å². The van der Waals surface area contributed by atoms with Crippen LogP contribution in [0, 0.1) is 0 Å². The second kappa shape index (κ2) is 5.64. The van der Waals surface area contributed by atoms with Crippen LogP contribution in [0.3, 0.4) is 0 Å². The summed E-state index contributed by atoms with van der Waals surface area (Å²) < 4.78 is 39.8. The second-order valence-electron chi connectivity index (χ2n) is 3.00. The smallest absolute Gasteiger partial charge is 0.370 e. The Morgan fingerprint density at radius 3 is 2.81 bits per heavy atom. The van der Waals surface area contributed by atoms with E-state index in [0.717, 1.165) is 0 Å². The third-order valence-corrected chi connectivity index (χ3v) is 1.56. The SMILES string of the molecule is CCNc1ccnc(COCC(F)(F)F)n1.